The molecule has 7 nitrogen and oxygen atoms in total. The molecule has 0 bridgehead atoms. The lowest BCUT2D eigenvalue weighted by Gasteiger charge is -2.32. The molecule has 2 aromatic rings. The molecule has 1 aliphatic heterocycles. The summed E-state index contributed by atoms with van der Waals surface area (Å²) in [6, 6.07) is 1.72. The molecular formula is C15H20N6O. The van der Waals surface area contributed by atoms with Gasteiger partial charge >= 0.3 is 0 Å². The minimum absolute atomic E-state index is 0.0233. The molecule has 0 aliphatic carbocycles. The molecule has 7 heteroatoms. The third-order valence-electron chi connectivity index (χ3n) is 4.03. The van der Waals surface area contributed by atoms with E-state index in [2.05, 4.69) is 25.5 Å². The van der Waals surface area contributed by atoms with E-state index in [-0.39, 0.29) is 5.91 Å². The van der Waals surface area contributed by atoms with E-state index in [1.54, 1.807) is 24.7 Å². The number of piperidine rings is 1. The van der Waals surface area contributed by atoms with Crippen molar-refractivity contribution in [2.24, 2.45) is 5.92 Å². The Kier molecular flexibility index (Phi) is 4.32. The van der Waals surface area contributed by atoms with Crippen molar-refractivity contribution in [2.75, 3.05) is 25.5 Å². The summed E-state index contributed by atoms with van der Waals surface area (Å²) in [5, 5.41) is 9.67. The average molecular weight is 300 g/mol. The lowest BCUT2D eigenvalue weighted by molar-refractivity contribution is 0.0667. The van der Waals surface area contributed by atoms with Crippen molar-refractivity contribution in [3.63, 3.8) is 0 Å². The van der Waals surface area contributed by atoms with Crippen molar-refractivity contribution < 1.29 is 4.79 Å². The number of hydrogen-bond donors (Lipinski definition) is 2. The first-order valence-electron chi connectivity index (χ1n) is 7.54. The molecule has 3 rings (SSSR count). The number of carbonyl (C=O) groups is 1. The standard InChI is InChI=1S/C15H20N6O/c1-16-14-13(17-6-7-18-14)9-11-3-2-8-21(10-11)15(22)12-4-5-19-20-12/h4-7,11H,2-3,8-10H2,1H3,(H,16,18)(H,19,20). The molecule has 1 fully saturated rings. The lowest BCUT2D eigenvalue weighted by Crippen LogP contribution is -2.40. The highest BCUT2D eigenvalue weighted by Crippen LogP contribution is 2.23. The summed E-state index contributed by atoms with van der Waals surface area (Å²) in [5.41, 5.74) is 1.52. The zero-order valence-electron chi connectivity index (χ0n) is 12.6. The Labute approximate surface area is 129 Å². The largest absolute Gasteiger partial charge is 0.372 e. The van der Waals surface area contributed by atoms with E-state index in [0.29, 0.717) is 11.6 Å². The van der Waals surface area contributed by atoms with Crippen LogP contribution >= 0.6 is 0 Å². The second-order valence-electron chi connectivity index (χ2n) is 5.54. The van der Waals surface area contributed by atoms with Crippen LogP contribution in [0.3, 0.4) is 0 Å². The number of nitrogens with zero attached hydrogens (tertiary/aromatic N) is 4. The normalized spacial score (nSPS) is 18.2. The Morgan fingerprint density at radius 1 is 1.41 bits per heavy atom. The number of anilines is 1. The Morgan fingerprint density at radius 2 is 2.27 bits per heavy atom. The minimum atomic E-state index is 0.0233. The van der Waals surface area contributed by atoms with Gasteiger partial charge in [-0.2, -0.15) is 5.10 Å². The zero-order valence-corrected chi connectivity index (χ0v) is 12.6. The number of aromatic nitrogens is 4. The highest BCUT2D eigenvalue weighted by Gasteiger charge is 2.26. The number of nitrogens with one attached hydrogen (secondary N) is 2. The van der Waals surface area contributed by atoms with Crippen molar-refractivity contribution >= 4 is 11.7 Å². The number of aromatic amines is 1. The summed E-state index contributed by atoms with van der Waals surface area (Å²) in [7, 11) is 1.85. The fourth-order valence-corrected chi connectivity index (χ4v) is 2.96. The summed E-state index contributed by atoms with van der Waals surface area (Å²) in [5.74, 6) is 1.25. The van der Waals surface area contributed by atoms with E-state index in [0.717, 1.165) is 43.9 Å². The maximum Gasteiger partial charge on any atom is 0.271 e. The van der Waals surface area contributed by atoms with Gasteiger partial charge in [-0.1, -0.05) is 0 Å². The molecule has 22 heavy (non-hydrogen) atoms. The molecule has 1 atom stereocenters. The number of rotatable bonds is 4. The highest BCUT2D eigenvalue weighted by molar-refractivity contribution is 5.92. The topological polar surface area (TPSA) is 86.8 Å². The van der Waals surface area contributed by atoms with Gasteiger partial charge < -0.3 is 10.2 Å². The van der Waals surface area contributed by atoms with Crippen molar-refractivity contribution in [2.45, 2.75) is 19.3 Å². The van der Waals surface area contributed by atoms with Gasteiger partial charge in [0.25, 0.3) is 5.91 Å². The van der Waals surface area contributed by atoms with E-state index in [1.807, 2.05) is 11.9 Å². The van der Waals surface area contributed by atoms with Gasteiger partial charge in [-0.15, -0.1) is 0 Å². The first kappa shape index (κ1) is 14.5. The number of carbonyl (C=O) groups excluding carboxylic acids is 1. The van der Waals surface area contributed by atoms with Crippen LogP contribution in [0.4, 0.5) is 5.82 Å². The van der Waals surface area contributed by atoms with Crippen LogP contribution in [0.2, 0.25) is 0 Å². The SMILES string of the molecule is CNc1nccnc1CC1CCCN(C(=O)c2ccn[nH]2)C1. The van der Waals surface area contributed by atoms with Gasteiger partial charge in [-0.05, 0) is 31.2 Å². The summed E-state index contributed by atoms with van der Waals surface area (Å²) in [6.45, 7) is 1.55. The van der Waals surface area contributed by atoms with Crippen molar-refractivity contribution in [1.29, 1.82) is 0 Å². The van der Waals surface area contributed by atoms with E-state index >= 15 is 0 Å². The maximum atomic E-state index is 12.4. The third kappa shape index (κ3) is 3.08. The molecule has 0 spiro atoms. The van der Waals surface area contributed by atoms with Crippen LogP contribution in [0.15, 0.2) is 24.7 Å². The summed E-state index contributed by atoms with van der Waals surface area (Å²) < 4.78 is 0. The quantitative estimate of drug-likeness (QED) is 0.889. The Bertz CT molecular complexity index is 627. The fourth-order valence-electron chi connectivity index (χ4n) is 2.96. The number of hydrogen-bond acceptors (Lipinski definition) is 5. The molecule has 1 unspecified atom stereocenters. The second kappa shape index (κ2) is 6.55. The van der Waals surface area contributed by atoms with E-state index in [1.165, 1.54) is 0 Å². The summed E-state index contributed by atoms with van der Waals surface area (Å²) in [4.78, 5) is 23.0. The van der Waals surface area contributed by atoms with Crippen LogP contribution in [0.5, 0.6) is 0 Å². The molecule has 2 N–H and O–H groups in total. The van der Waals surface area contributed by atoms with Gasteiger partial charge in [-0.3, -0.25) is 14.9 Å². The van der Waals surface area contributed by atoms with Gasteiger partial charge in [0.05, 0.1) is 5.69 Å². The Morgan fingerprint density at radius 3 is 3.05 bits per heavy atom. The molecule has 2 aromatic heterocycles. The molecule has 1 amide bonds. The van der Waals surface area contributed by atoms with Crippen LogP contribution in [-0.2, 0) is 6.42 Å². The van der Waals surface area contributed by atoms with Gasteiger partial charge in [0.2, 0.25) is 0 Å². The van der Waals surface area contributed by atoms with Gasteiger partial charge in [0.1, 0.15) is 11.5 Å². The predicted molar refractivity (Wildman–Crippen MR) is 82.5 cm³/mol. The molecule has 1 aliphatic rings. The second-order valence-corrected chi connectivity index (χ2v) is 5.54. The van der Waals surface area contributed by atoms with Gasteiger partial charge in [0.15, 0.2) is 0 Å². The smallest absolute Gasteiger partial charge is 0.271 e. The van der Waals surface area contributed by atoms with E-state index in [9.17, 15) is 4.79 Å². The monoisotopic (exact) mass is 300 g/mol. The first-order chi connectivity index (χ1) is 10.8. The Balaban J connectivity index is 1.67. The van der Waals surface area contributed by atoms with Gasteiger partial charge in [-0.25, -0.2) is 4.98 Å². The number of amides is 1. The maximum absolute atomic E-state index is 12.4. The predicted octanol–water partition coefficient (Wildman–Crippen LogP) is 1.34. The average Bonchev–Trinajstić information content (AvgIpc) is 3.09. The highest BCUT2D eigenvalue weighted by atomic mass is 16.2. The van der Waals surface area contributed by atoms with Crippen molar-refractivity contribution in [3.8, 4) is 0 Å². The zero-order chi connectivity index (χ0) is 15.4. The molecule has 0 saturated carbocycles. The minimum Gasteiger partial charge on any atom is -0.372 e. The summed E-state index contributed by atoms with van der Waals surface area (Å²) >= 11 is 0. The van der Waals surface area contributed by atoms with Crippen LogP contribution in [0.25, 0.3) is 0 Å². The van der Waals surface area contributed by atoms with Crippen molar-refractivity contribution in [1.82, 2.24) is 25.1 Å². The van der Waals surface area contributed by atoms with Crippen LogP contribution in [0.1, 0.15) is 29.0 Å². The van der Waals surface area contributed by atoms with Crippen molar-refractivity contribution in [3.05, 3.63) is 36.0 Å². The Hall–Kier alpha value is -2.44. The van der Waals surface area contributed by atoms with Crippen LogP contribution in [-0.4, -0.2) is 51.1 Å². The molecule has 1 saturated heterocycles. The van der Waals surface area contributed by atoms with E-state index in [4.69, 9.17) is 0 Å². The molecule has 0 aromatic carbocycles. The first-order valence-corrected chi connectivity index (χ1v) is 7.54. The molecular weight excluding hydrogens is 280 g/mol. The number of likely N-dealkylation sites (tertiary alicyclic amines) is 1. The molecule has 116 valence electrons. The summed E-state index contributed by atoms with van der Waals surface area (Å²) in [6.07, 6.45) is 7.95. The number of H-pyrrole nitrogens is 1. The third-order valence-corrected chi connectivity index (χ3v) is 4.03. The molecule has 3 heterocycles. The molecule has 0 radical (unpaired) electrons. The van der Waals surface area contributed by atoms with Crippen LogP contribution < -0.4 is 5.32 Å². The lowest BCUT2D eigenvalue weighted by atomic mass is 9.93. The van der Waals surface area contributed by atoms with Crippen LogP contribution in [0, 0.1) is 5.92 Å². The van der Waals surface area contributed by atoms with Gasteiger partial charge in [0, 0.05) is 38.7 Å². The fraction of sp³-hybridized carbons (Fsp3) is 0.467. The van der Waals surface area contributed by atoms with E-state index < -0.39 is 0 Å².